The van der Waals surface area contributed by atoms with E-state index in [0.717, 1.165) is 27.0 Å². The molecule has 9 nitrogen and oxygen atoms in total. The zero-order valence-electron chi connectivity index (χ0n) is 19.6. The van der Waals surface area contributed by atoms with E-state index < -0.39 is 11.9 Å². The van der Waals surface area contributed by atoms with E-state index in [1.54, 1.807) is 31.3 Å². The van der Waals surface area contributed by atoms with Gasteiger partial charge in [0.25, 0.3) is 5.91 Å². The average Bonchev–Trinajstić information content (AvgIpc) is 3.53. The fraction of sp³-hybridized carbons (Fsp3) is 0.208. The Morgan fingerprint density at radius 1 is 1.28 bits per heavy atom. The fourth-order valence-electron chi connectivity index (χ4n) is 3.62. The number of nitrogens with one attached hydrogen (secondary N) is 1. The van der Waals surface area contributed by atoms with E-state index >= 15 is 0 Å². The van der Waals surface area contributed by atoms with Crippen molar-refractivity contribution in [1.29, 1.82) is 0 Å². The summed E-state index contributed by atoms with van der Waals surface area (Å²) < 4.78 is 8.15. The van der Waals surface area contributed by atoms with Crippen LogP contribution in [0.2, 0.25) is 0 Å². The number of nitrogens with zero attached hydrogens (tertiary/aromatic N) is 3. The monoisotopic (exact) mass is 541 g/mol. The Kier molecular flexibility index (Phi) is 7.87. The third-order valence-electron chi connectivity index (χ3n) is 5.19. The molecule has 1 aromatic carbocycles. The molecule has 0 atom stereocenters. The van der Waals surface area contributed by atoms with Gasteiger partial charge in [-0.1, -0.05) is 36.0 Å². The number of allylic oxidation sites excluding steroid dienone is 1. The molecule has 4 rings (SSSR count). The summed E-state index contributed by atoms with van der Waals surface area (Å²) in [4.78, 5) is 37.2. The van der Waals surface area contributed by atoms with Crippen molar-refractivity contribution >= 4 is 67.3 Å². The normalized spacial score (nSPS) is 10.9. The minimum atomic E-state index is -0.677. The van der Waals surface area contributed by atoms with Crippen LogP contribution in [0, 0.1) is 6.92 Å². The Labute approximate surface area is 219 Å². The molecule has 0 aliphatic rings. The molecule has 12 heteroatoms. The van der Waals surface area contributed by atoms with Crippen LogP contribution in [0.4, 0.5) is 5.00 Å². The number of fused-ring (bicyclic) bond motifs is 1. The first-order chi connectivity index (χ1) is 17.3. The zero-order valence-corrected chi connectivity index (χ0v) is 22.0. The number of carbonyl (C=O) groups excluding carboxylic acids is 3. The second kappa shape index (κ2) is 11.1. The van der Waals surface area contributed by atoms with Gasteiger partial charge in [0.15, 0.2) is 11.0 Å². The van der Waals surface area contributed by atoms with Crippen molar-refractivity contribution in [3.63, 3.8) is 0 Å². The van der Waals surface area contributed by atoms with E-state index in [-0.39, 0.29) is 33.7 Å². The van der Waals surface area contributed by atoms with Gasteiger partial charge in [-0.05, 0) is 25.5 Å². The lowest BCUT2D eigenvalue weighted by molar-refractivity contribution is -0.113. The van der Waals surface area contributed by atoms with Gasteiger partial charge in [0, 0.05) is 27.6 Å². The molecule has 3 aromatic heterocycles. The van der Waals surface area contributed by atoms with Gasteiger partial charge in [0.05, 0.1) is 22.8 Å². The number of carbonyl (C=O) groups is 3. The van der Waals surface area contributed by atoms with Crippen LogP contribution in [-0.4, -0.2) is 44.9 Å². The predicted octanol–water partition coefficient (Wildman–Crippen LogP) is 4.72. The van der Waals surface area contributed by atoms with Gasteiger partial charge in [0.1, 0.15) is 5.00 Å². The van der Waals surface area contributed by atoms with Gasteiger partial charge in [0.2, 0.25) is 5.91 Å². The fourth-order valence-corrected chi connectivity index (χ4v) is 6.37. The number of hydrogen-bond donors (Lipinski definition) is 2. The second-order valence-corrected chi connectivity index (χ2v) is 10.4. The summed E-state index contributed by atoms with van der Waals surface area (Å²) in [5.41, 5.74) is 6.92. The maximum absolute atomic E-state index is 12.8. The molecule has 0 bridgehead atoms. The lowest BCUT2D eigenvalue weighted by Gasteiger charge is -2.08. The quantitative estimate of drug-likeness (QED) is 0.169. The molecular formula is C24H23N5O4S3. The van der Waals surface area contributed by atoms with Crippen molar-refractivity contribution in [1.82, 2.24) is 14.8 Å². The summed E-state index contributed by atoms with van der Waals surface area (Å²) >= 11 is 3.79. The first kappa shape index (κ1) is 25.6. The Balaban J connectivity index is 1.55. The summed E-state index contributed by atoms with van der Waals surface area (Å²) in [6, 6.07) is 8.07. The molecular weight excluding hydrogens is 518 g/mol. The highest BCUT2D eigenvalue weighted by Crippen LogP contribution is 2.35. The number of esters is 1. The molecule has 0 saturated carbocycles. The van der Waals surface area contributed by atoms with Crippen LogP contribution >= 0.6 is 34.4 Å². The first-order valence-electron chi connectivity index (χ1n) is 10.9. The van der Waals surface area contributed by atoms with Crippen molar-refractivity contribution in [2.45, 2.75) is 25.5 Å². The van der Waals surface area contributed by atoms with Gasteiger partial charge in [-0.25, -0.2) is 4.79 Å². The molecule has 4 aromatic rings. The molecule has 36 heavy (non-hydrogen) atoms. The Morgan fingerprint density at radius 3 is 2.78 bits per heavy atom. The predicted molar refractivity (Wildman–Crippen MR) is 144 cm³/mol. The summed E-state index contributed by atoms with van der Waals surface area (Å²) in [6.45, 7) is 7.74. The lowest BCUT2D eigenvalue weighted by atomic mass is 10.1. The summed E-state index contributed by atoms with van der Waals surface area (Å²) in [5.74, 6) is -0.979. The minimum absolute atomic E-state index is 0.00474. The number of thiophene rings is 2. The molecule has 3 N–H and O–H groups in total. The number of hydrogen-bond acceptors (Lipinski definition) is 9. The summed E-state index contributed by atoms with van der Waals surface area (Å²) in [6.07, 6.45) is 1.75. The number of ether oxygens (including phenoxy) is 1. The van der Waals surface area contributed by atoms with E-state index in [9.17, 15) is 14.4 Å². The Morgan fingerprint density at radius 2 is 2.06 bits per heavy atom. The maximum atomic E-state index is 12.8. The first-order valence-corrected chi connectivity index (χ1v) is 13.6. The smallest absolute Gasteiger partial charge is 0.341 e. The minimum Gasteiger partial charge on any atom is -0.462 e. The highest BCUT2D eigenvalue weighted by molar-refractivity contribution is 7.99. The molecule has 186 valence electrons. The van der Waals surface area contributed by atoms with Crippen LogP contribution in [0.15, 0.2) is 47.5 Å². The van der Waals surface area contributed by atoms with Gasteiger partial charge < -0.3 is 15.8 Å². The standard InChI is InChI=1S/C24H23N5O4S3/c1-4-10-29-21(15-11-34-16-9-7-6-8-14(15)16)27-28-24(29)35-12-17(30)26-22-18(23(32)33-5-2)13(3)19(36-22)20(25)31/h4,6-9,11H,1,5,10,12H2,2-3H3,(H2,25,31)(H,26,30). The largest absolute Gasteiger partial charge is 0.462 e. The average molecular weight is 542 g/mol. The lowest BCUT2D eigenvalue weighted by Crippen LogP contribution is -2.17. The zero-order chi connectivity index (χ0) is 25.8. The Bertz CT molecular complexity index is 1470. The number of rotatable bonds is 10. The van der Waals surface area contributed by atoms with Crippen LogP contribution in [0.25, 0.3) is 21.5 Å². The highest BCUT2D eigenvalue weighted by atomic mass is 32.2. The van der Waals surface area contributed by atoms with Crippen LogP contribution in [0.3, 0.4) is 0 Å². The Hall–Kier alpha value is -3.48. The number of anilines is 1. The molecule has 0 spiro atoms. The van der Waals surface area contributed by atoms with Crippen LogP contribution in [-0.2, 0) is 16.1 Å². The van der Waals surface area contributed by atoms with Crippen LogP contribution in [0.5, 0.6) is 0 Å². The molecule has 0 unspecified atom stereocenters. The topological polar surface area (TPSA) is 129 Å². The number of primary amides is 1. The van der Waals surface area contributed by atoms with E-state index in [1.165, 1.54) is 11.8 Å². The van der Waals surface area contributed by atoms with E-state index in [4.69, 9.17) is 10.5 Å². The summed E-state index contributed by atoms with van der Waals surface area (Å²) in [5, 5.41) is 15.3. The molecule has 2 amide bonds. The summed E-state index contributed by atoms with van der Waals surface area (Å²) in [7, 11) is 0. The van der Waals surface area contributed by atoms with Gasteiger partial charge in [-0.2, -0.15) is 0 Å². The highest BCUT2D eigenvalue weighted by Gasteiger charge is 2.26. The molecule has 0 fully saturated rings. The molecule has 0 saturated heterocycles. The van der Waals surface area contributed by atoms with Crippen molar-refractivity contribution in [2.24, 2.45) is 5.73 Å². The molecule has 0 aliphatic carbocycles. The van der Waals surface area contributed by atoms with Crippen molar-refractivity contribution in [2.75, 3.05) is 17.7 Å². The molecule has 0 aliphatic heterocycles. The van der Waals surface area contributed by atoms with Crippen LogP contribution < -0.4 is 11.1 Å². The number of nitrogens with two attached hydrogens (primary N) is 1. The van der Waals surface area contributed by atoms with Crippen molar-refractivity contribution in [3.05, 3.63) is 58.3 Å². The number of aromatic nitrogens is 3. The number of benzene rings is 1. The molecule has 3 heterocycles. The van der Waals surface area contributed by atoms with E-state index in [2.05, 4.69) is 28.2 Å². The third kappa shape index (κ3) is 5.06. The van der Waals surface area contributed by atoms with Crippen molar-refractivity contribution in [3.8, 4) is 11.4 Å². The second-order valence-electron chi connectivity index (χ2n) is 7.53. The van der Waals surface area contributed by atoms with Gasteiger partial charge >= 0.3 is 5.97 Å². The van der Waals surface area contributed by atoms with Crippen molar-refractivity contribution < 1.29 is 19.1 Å². The number of thioether (sulfide) groups is 1. The van der Waals surface area contributed by atoms with Gasteiger partial charge in [-0.3, -0.25) is 14.2 Å². The molecule has 0 radical (unpaired) electrons. The third-order valence-corrected chi connectivity index (χ3v) is 8.34. The maximum Gasteiger partial charge on any atom is 0.341 e. The van der Waals surface area contributed by atoms with Crippen LogP contribution in [0.1, 0.15) is 32.5 Å². The van der Waals surface area contributed by atoms with E-state index in [0.29, 0.717) is 23.1 Å². The van der Waals surface area contributed by atoms with E-state index in [1.807, 2.05) is 28.1 Å². The number of amides is 2. The van der Waals surface area contributed by atoms with Gasteiger partial charge in [-0.15, -0.1) is 39.4 Å². The SMILES string of the molecule is C=CCn1c(SCC(=O)Nc2sc(C(N)=O)c(C)c2C(=O)OCC)nnc1-c1csc2ccccc12.